The van der Waals surface area contributed by atoms with Crippen molar-refractivity contribution >= 4 is 11.6 Å². The first-order valence-electron chi connectivity index (χ1n) is 6.12. The zero-order valence-electron chi connectivity index (χ0n) is 10.2. The molecule has 0 bridgehead atoms. The highest BCUT2D eigenvalue weighted by Gasteiger charge is 2.08. The lowest BCUT2D eigenvalue weighted by atomic mass is 9.89. The molecule has 0 saturated carbocycles. The van der Waals surface area contributed by atoms with Gasteiger partial charge in [-0.3, -0.25) is 0 Å². The summed E-state index contributed by atoms with van der Waals surface area (Å²) >= 11 is 5.61. The fraction of sp³-hybridized carbons (Fsp3) is 1.00. The zero-order valence-corrected chi connectivity index (χ0v) is 11.0. The molecule has 0 heterocycles. The van der Waals surface area contributed by atoms with E-state index in [-0.39, 0.29) is 0 Å². The summed E-state index contributed by atoms with van der Waals surface area (Å²) in [6, 6.07) is 0. The highest BCUT2D eigenvalue weighted by atomic mass is 35.5. The van der Waals surface area contributed by atoms with Gasteiger partial charge in [0.2, 0.25) is 0 Å². The Balaban J connectivity index is 2.99. The van der Waals surface area contributed by atoms with Crippen LogP contribution < -0.4 is 0 Å². The van der Waals surface area contributed by atoms with Crippen molar-refractivity contribution in [2.45, 2.75) is 72.1 Å². The third-order valence-corrected chi connectivity index (χ3v) is 2.83. The highest BCUT2D eigenvalue weighted by Crippen LogP contribution is 2.22. The Bertz CT molecular complexity index is 113. The highest BCUT2D eigenvalue weighted by molar-refractivity contribution is 6.17. The van der Waals surface area contributed by atoms with Crippen molar-refractivity contribution in [3.63, 3.8) is 0 Å². The van der Waals surface area contributed by atoms with E-state index in [4.69, 9.17) is 11.6 Å². The number of hydrogen-bond donors (Lipinski definition) is 0. The van der Waals surface area contributed by atoms with Crippen LogP contribution in [-0.4, -0.2) is 5.88 Å². The van der Waals surface area contributed by atoms with Crippen LogP contribution in [0.15, 0.2) is 0 Å². The van der Waals surface area contributed by atoms with E-state index in [2.05, 4.69) is 20.8 Å². The van der Waals surface area contributed by atoms with Crippen LogP contribution in [0.2, 0.25) is 0 Å². The average molecular weight is 219 g/mol. The van der Waals surface area contributed by atoms with Gasteiger partial charge in [-0.1, -0.05) is 59.3 Å². The van der Waals surface area contributed by atoms with E-state index < -0.39 is 0 Å². The van der Waals surface area contributed by atoms with Gasteiger partial charge in [-0.25, -0.2) is 0 Å². The van der Waals surface area contributed by atoms with Crippen molar-refractivity contribution in [3.8, 4) is 0 Å². The monoisotopic (exact) mass is 218 g/mol. The molecule has 0 nitrogen and oxygen atoms in total. The molecule has 0 unspecified atom stereocenters. The van der Waals surface area contributed by atoms with Gasteiger partial charge < -0.3 is 0 Å². The minimum absolute atomic E-state index is 0.526. The van der Waals surface area contributed by atoms with Gasteiger partial charge in [0.05, 0.1) is 0 Å². The minimum Gasteiger partial charge on any atom is -0.127 e. The molecule has 86 valence electrons. The topological polar surface area (TPSA) is 0 Å². The lowest BCUT2D eigenvalue weighted by molar-refractivity contribution is 0.356. The summed E-state index contributed by atoms with van der Waals surface area (Å²) < 4.78 is 0. The number of alkyl halides is 1. The Hall–Kier alpha value is 0.290. The molecule has 0 aliphatic rings. The van der Waals surface area contributed by atoms with Crippen molar-refractivity contribution < 1.29 is 0 Å². The van der Waals surface area contributed by atoms with Crippen molar-refractivity contribution in [2.75, 3.05) is 5.88 Å². The molecule has 0 radical (unpaired) electrons. The van der Waals surface area contributed by atoms with E-state index in [1.54, 1.807) is 0 Å². The first-order chi connectivity index (χ1) is 6.56. The average Bonchev–Trinajstić information content (AvgIpc) is 2.08. The van der Waals surface area contributed by atoms with Crippen molar-refractivity contribution in [1.82, 2.24) is 0 Å². The summed E-state index contributed by atoms with van der Waals surface area (Å²) in [5, 5.41) is 0. The predicted molar refractivity (Wildman–Crippen MR) is 67.1 cm³/mol. The molecule has 0 N–H and O–H groups in total. The second-order valence-electron chi connectivity index (χ2n) is 5.47. The summed E-state index contributed by atoms with van der Waals surface area (Å²) in [7, 11) is 0. The lowest BCUT2D eigenvalue weighted by Gasteiger charge is -2.17. The Labute approximate surface area is 95.4 Å². The predicted octanol–water partition coefficient (Wildman–Crippen LogP) is 5.39. The van der Waals surface area contributed by atoms with E-state index in [1.807, 2.05) is 0 Å². The second kappa shape index (κ2) is 8.59. The standard InChI is InChI=1S/C13H27Cl/c1-13(2,3)11-9-7-5-4-6-8-10-12-14/h4-12H2,1-3H3. The molecular formula is C13H27Cl. The minimum atomic E-state index is 0.526. The number of hydrogen-bond acceptors (Lipinski definition) is 0. The van der Waals surface area contributed by atoms with Crippen molar-refractivity contribution in [3.05, 3.63) is 0 Å². The first kappa shape index (κ1) is 14.3. The van der Waals surface area contributed by atoms with E-state index in [1.165, 1.54) is 51.4 Å². The molecule has 0 aromatic heterocycles. The smallest absolute Gasteiger partial charge is 0.0223 e. The molecule has 0 saturated heterocycles. The second-order valence-corrected chi connectivity index (χ2v) is 5.85. The molecule has 0 spiro atoms. The molecule has 0 atom stereocenters. The molecule has 0 aromatic rings. The maximum Gasteiger partial charge on any atom is 0.0223 e. The first-order valence-corrected chi connectivity index (χ1v) is 6.66. The van der Waals surface area contributed by atoms with Crippen molar-refractivity contribution in [2.24, 2.45) is 5.41 Å². The van der Waals surface area contributed by atoms with Crippen LogP contribution in [-0.2, 0) is 0 Å². The summed E-state index contributed by atoms with van der Waals surface area (Å²) in [4.78, 5) is 0. The molecule has 0 aliphatic heterocycles. The molecule has 0 amide bonds. The fourth-order valence-electron chi connectivity index (χ4n) is 1.63. The Kier molecular flexibility index (Phi) is 8.76. The van der Waals surface area contributed by atoms with E-state index in [0.717, 1.165) is 5.88 Å². The largest absolute Gasteiger partial charge is 0.127 e. The zero-order chi connectivity index (χ0) is 10.9. The Morgan fingerprint density at radius 2 is 1.14 bits per heavy atom. The summed E-state index contributed by atoms with van der Waals surface area (Å²) in [5.41, 5.74) is 0.526. The van der Waals surface area contributed by atoms with Gasteiger partial charge >= 0.3 is 0 Å². The van der Waals surface area contributed by atoms with E-state index in [9.17, 15) is 0 Å². The SMILES string of the molecule is CC(C)(C)CCCCCCCCCCl. The molecular weight excluding hydrogens is 192 g/mol. The van der Waals surface area contributed by atoms with Crippen LogP contribution in [0.4, 0.5) is 0 Å². The van der Waals surface area contributed by atoms with Gasteiger partial charge in [0.25, 0.3) is 0 Å². The third-order valence-electron chi connectivity index (χ3n) is 2.56. The summed E-state index contributed by atoms with van der Waals surface area (Å²) in [6.45, 7) is 6.98. The van der Waals surface area contributed by atoms with Crippen LogP contribution in [0.3, 0.4) is 0 Å². The molecule has 0 fully saturated rings. The maximum absolute atomic E-state index is 5.61. The number of rotatable bonds is 8. The van der Waals surface area contributed by atoms with Gasteiger partial charge in [-0.05, 0) is 18.3 Å². The number of unbranched alkanes of at least 4 members (excludes halogenated alkanes) is 6. The van der Waals surface area contributed by atoms with E-state index >= 15 is 0 Å². The van der Waals surface area contributed by atoms with Crippen LogP contribution in [0.5, 0.6) is 0 Å². The summed E-state index contributed by atoms with van der Waals surface area (Å²) in [5.74, 6) is 0.837. The molecule has 14 heavy (non-hydrogen) atoms. The quantitative estimate of drug-likeness (QED) is 0.379. The Morgan fingerprint density at radius 1 is 0.714 bits per heavy atom. The molecule has 0 rings (SSSR count). The normalized spacial score (nSPS) is 12.0. The van der Waals surface area contributed by atoms with Crippen LogP contribution in [0, 0.1) is 5.41 Å². The lowest BCUT2D eigenvalue weighted by Crippen LogP contribution is -2.03. The summed E-state index contributed by atoms with van der Waals surface area (Å²) in [6.07, 6.45) is 10.9. The van der Waals surface area contributed by atoms with Crippen molar-refractivity contribution in [1.29, 1.82) is 0 Å². The van der Waals surface area contributed by atoms with Crippen LogP contribution >= 0.6 is 11.6 Å². The molecule has 0 aromatic carbocycles. The van der Waals surface area contributed by atoms with Gasteiger partial charge in [0.1, 0.15) is 0 Å². The van der Waals surface area contributed by atoms with Gasteiger partial charge in [0.15, 0.2) is 0 Å². The Morgan fingerprint density at radius 3 is 1.57 bits per heavy atom. The van der Waals surface area contributed by atoms with Gasteiger partial charge in [0, 0.05) is 5.88 Å². The van der Waals surface area contributed by atoms with Crippen LogP contribution in [0.1, 0.15) is 72.1 Å². The number of halogens is 1. The van der Waals surface area contributed by atoms with Gasteiger partial charge in [-0.2, -0.15) is 0 Å². The third kappa shape index (κ3) is 12.3. The van der Waals surface area contributed by atoms with Crippen LogP contribution in [0.25, 0.3) is 0 Å². The molecule has 1 heteroatoms. The maximum atomic E-state index is 5.61. The van der Waals surface area contributed by atoms with Gasteiger partial charge in [-0.15, -0.1) is 11.6 Å². The van der Waals surface area contributed by atoms with E-state index in [0.29, 0.717) is 5.41 Å². The molecule has 0 aliphatic carbocycles. The fourth-order valence-corrected chi connectivity index (χ4v) is 1.82.